The zero-order valence-electron chi connectivity index (χ0n) is 14.3. The van der Waals surface area contributed by atoms with Crippen LogP contribution in [0.3, 0.4) is 0 Å². The predicted octanol–water partition coefficient (Wildman–Crippen LogP) is 3.71. The molecule has 0 radical (unpaired) electrons. The molecule has 0 amide bonds. The highest BCUT2D eigenvalue weighted by atomic mass is 16.8. The summed E-state index contributed by atoms with van der Waals surface area (Å²) in [7, 11) is 0. The van der Waals surface area contributed by atoms with Crippen LogP contribution in [0, 0.1) is 5.92 Å². The molecule has 2 aromatic carbocycles. The summed E-state index contributed by atoms with van der Waals surface area (Å²) < 4.78 is 16.4. The van der Waals surface area contributed by atoms with Crippen LogP contribution in [0.2, 0.25) is 0 Å². The van der Waals surface area contributed by atoms with Crippen molar-refractivity contribution in [3.63, 3.8) is 0 Å². The number of ketones is 1. The minimum atomic E-state index is -0.719. The van der Waals surface area contributed by atoms with E-state index in [0.717, 1.165) is 16.3 Å². The van der Waals surface area contributed by atoms with Crippen LogP contribution < -0.4 is 0 Å². The molecule has 3 unspecified atom stereocenters. The number of aliphatic imine (C=N–C) groups is 1. The Kier molecular flexibility index (Phi) is 2.95. The molecule has 0 bridgehead atoms. The first-order valence-electron chi connectivity index (χ1n) is 9.09. The Balaban J connectivity index is 1.58. The average Bonchev–Trinajstić information content (AvgIpc) is 3.07. The minimum Gasteiger partial charge on any atom is -0.420 e. The van der Waals surface area contributed by atoms with Crippen LogP contribution in [0.25, 0.3) is 10.8 Å². The normalized spacial score (nSPS) is 28.6. The predicted molar refractivity (Wildman–Crippen MR) is 96.2 cm³/mol. The zero-order chi connectivity index (χ0) is 18.1. The van der Waals surface area contributed by atoms with Crippen LogP contribution >= 0.6 is 0 Å². The summed E-state index contributed by atoms with van der Waals surface area (Å²) in [6, 6.07) is 11.8. The molecule has 134 valence electrons. The van der Waals surface area contributed by atoms with Crippen LogP contribution in [0.5, 0.6) is 0 Å². The van der Waals surface area contributed by atoms with Gasteiger partial charge in [0.25, 0.3) is 0 Å². The number of hydrogen-bond donors (Lipinski definition) is 0. The van der Waals surface area contributed by atoms with Gasteiger partial charge in [-0.25, -0.2) is 4.79 Å². The smallest absolute Gasteiger partial charge is 0.420 e. The maximum Gasteiger partial charge on any atom is 0.514 e. The minimum absolute atomic E-state index is 0.0691. The number of Topliss-reactive ketones (excluding diaryl/α,β-unsaturated/α-hetero) is 1. The molecule has 2 fully saturated rings. The molecular weight excluding hydrogens is 346 g/mol. The molecule has 1 saturated heterocycles. The Morgan fingerprint density at radius 2 is 1.81 bits per heavy atom. The molecular formula is C21H15NO5. The van der Waals surface area contributed by atoms with Crippen molar-refractivity contribution < 1.29 is 23.8 Å². The molecule has 6 nitrogen and oxygen atoms in total. The Morgan fingerprint density at radius 3 is 2.67 bits per heavy atom. The summed E-state index contributed by atoms with van der Waals surface area (Å²) in [4.78, 5) is 29.7. The van der Waals surface area contributed by atoms with Gasteiger partial charge in [0.1, 0.15) is 0 Å². The molecule has 3 heterocycles. The topological polar surface area (TPSA) is 74.2 Å². The standard InChI is InChI=1S/C21H15NO5/c23-19-12-5-6-15-17(20-16(9-25-15)26-21(24)27-20)18(12)22-14-8-11-4-2-1-3-10(11)7-13(14)19/h1-4,7-8,12,15-16H,5-6,9H2. The van der Waals surface area contributed by atoms with Gasteiger partial charge in [-0.3, -0.25) is 9.79 Å². The summed E-state index contributed by atoms with van der Waals surface area (Å²) in [6.07, 6.45) is -0.108. The first-order chi connectivity index (χ1) is 13.2. The van der Waals surface area contributed by atoms with E-state index in [9.17, 15) is 9.59 Å². The number of carbonyl (C=O) groups is 2. The third kappa shape index (κ3) is 2.07. The van der Waals surface area contributed by atoms with E-state index in [1.807, 2.05) is 36.4 Å². The second kappa shape index (κ2) is 5.27. The SMILES string of the molecule is O=C1OC2=C3C4=Nc5cc6ccccc6cc5C(=O)C4CCC3OCC2O1. The van der Waals surface area contributed by atoms with Crippen LogP contribution in [-0.2, 0) is 14.2 Å². The largest absolute Gasteiger partial charge is 0.514 e. The van der Waals surface area contributed by atoms with Gasteiger partial charge in [0.05, 0.1) is 30.0 Å². The fourth-order valence-electron chi connectivity index (χ4n) is 4.52. The van der Waals surface area contributed by atoms with Gasteiger partial charge in [0, 0.05) is 11.1 Å². The van der Waals surface area contributed by atoms with Crippen LogP contribution in [0.4, 0.5) is 10.5 Å². The summed E-state index contributed by atoms with van der Waals surface area (Å²) in [5.74, 6) is 0.204. The van der Waals surface area contributed by atoms with Crippen molar-refractivity contribution in [2.45, 2.75) is 25.0 Å². The van der Waals surface area contributed by atoms with Crippen LogP contribution in [0.15, 0.2) is 52.7 Å². The fraction of sp³-hybridized carbons (Fsp3) is 0.286. The molecule has 4 aliphatic rings. The van der Waals surface area contributed by atoms with Gasteiger partial charge in [-0.15, -0.1) is 0 Å². The number of rotatable bonds is 0. The molecule has 3 aliphatic heterocycles. The molecule has 6 heteroatoms. The van der Waals surface area contributed by atoms with Crippen LogP contribution in [-0.4, -0.2) is 36.5 Å². The third-order valence-corrected chi connectivity index (χ3v) is 5.77. The monoisotopic (exact) mass is 361 g/mol. The van der Waals surface area contributed by atoms with E-state index in [2.05, 4.69) is 0 Å². The maximum atomic E-state index is 13.2. The van der Waals surface area contributed by atoms with Crippen molar-refractivity contribution >= 4 is 34.1 Å². The number of ether oxygens (including phenoxy) is 3. The van der Waals surface area contributed by atoms with Crippen molar-refractivity contribution in [1.82, 2.24) is 0 Å². The van der Waals surface area contributed by atoms with Crippen molar-refractivity contribution in [2.75, 3.05) is 6.61 Å². The molecule has 2 aromatic rings. The molecule has 3 atom stereocenters. The zero-order valence-corrected chi connectivity index (χ0v) is 14.3. The summed E-state index contributed by atoms with van der Waals surface area (Å²) in [5, 5.41) is 2.06. The molecule has 0 aromatic heterocycles. The maximum absolute atomic E-state index is 13.2. The summed E-state index contributed by atoms with van der Waals surface area (Å²) in [6.45, 7) is 0.280. The molecule has 1 saturated carbocycles. The lowest BCUT2D eigenvalue weighted by Crippen LogP contribution is -2.43. The Hall–Kier alpha value is -2.99. The molecule has 6 rings (SSSR count). The van der Waals surface area contributed by atoms with Crippen molar-refractivity contribution in [3.8, 4) is 0 Å². The molecule has 27 heavy (non-hydrogen) atoms. The lowest BCUT2D eigenvalue weighted by atomic mass is 9.74. The van der Waals surface area contributed by atoms with Gasteiger partial charge >= 0.3 is 6.16 Å². The number of carbonyl (C=O) groups excluding carboxylic acids is 2. The van der Waals surface area contributed by atoms with Gasteiger partial charge in [-0.2, -0.15) is 0 Å². The Morgan fingerprint density at radius 1 is 1.00 bits per heavy atom. The molecule has 0 spiro atoms. The van der Waals surface area contributed by atoms with Crippen molar-refractivity contribution in [3.05, 3.63) is 53.3 Å². The van der Waals surface area contributed by atoms with Gasteiger partial charge in [-0.05, 0) is 35.7 Å². The van der Waals surface area contributed by atoms with E-state index < -0.39 is 12.3 Å². The van der Waals surface area contributed by atoms with E-state index in [-0.39, 0.29) is 24.4 Å². The Bertz CT molecular complexity index is 1100. The highest BCUT2D eigenvalue weighted by Gasteiger charge is 2.48. The van der Waals surface area contributed by atoms with Crippen molar-refractivity contribution in [1.29, 1.82) is 0 Å². The second-order valence-corrected chi connectivity index (χ2v) is 7.27. The van der Waals surface area contributed by atoms with Gasteiger partial charge in [-0.1, -0.05) is 24.3 Å². The molecule has 1 aliphatic carbocycles. The summed E-state index contributed by atoms with van der Waals surface area (Å²) >= 11 is 0. The first-order valence-corrected chi connectivity index (χ1v) is 9.09. The lowest BCUT2D eigenvalue weighted by molar-refractivity contribution is 0.00210. The second-order valence-electron chi connectivity index (χ2n) is 7.27. The Labute approximate surface area is 154 Å². The number of benzene rings is 2. The highest BCUT2D eigenvalue weighted by molar-refractivity contribution is 6.25. The number of nitrogens with zero attached hydrogens (tertiary/aromatic N) is 1. The van der Waals surface area contributed by atoms with E-state index in [1.54, 1.807) is 0 Å². The van der Waals surface area contributed by atoms with Crippen molar-refractivity contribution in [2.24, 2.45) is 10.9 Å². The van der Waals surface area contributed by atoms with Gasteiger partial charge < -0.3 is 14.2 Å². The molecule has 0 N–H and O–H groups in total. The van der Waals surface area contributed by atoms with E-state index in [4.69, 9.17) is 19.2 Å². The quantitative estimate of drug-likeness (QED) is 0.669. The highest BCUT2D eigenvalue weighted by Crippen LogP contribution is 2.44. The average molecular weight is 361 g/mol. The van der Waals surface area contributed by atoms with Gasteiger partial charge in [0.2, 0.25) is 0 Å². The van der Waals surface area contributed by atoms with Crippen LogP contribution in [0.1, 0.15) is 23.2 Å². The third-order valence-electron chi connectivity index (χ3n) is 5.77. The van der Waals surface area contributed by atoms with E-state index in [0.29, 0.717) is 35.6 Å². The fourth-order valence-corrected chi connectivity index (χ4v) is 4.52. The van der Waals surface area contributed by atoms with Gasteiger partial charge in [0.15, 0.2) is 17.6 Å². The lowest BCUT2D eigenvalue weighted by Gasteiger charge is -2.37. The van der Waals surface area contributed by atoms with E-state index >= 15 is 0 Å². The first kappa shape index (κ1) is 15.1. The van der Waals surface area contributed by atoms with E-state index in [1.165, 1.54) is 0 Å². The number of hydrogen-bond acceptors (Lipinski definition) is 6. The number of fused-ring (bicyclic) bond motifs is 6. The summed E-state index contributed by atoms with van der Waals surface area (Å²) in [5.41, 5.74) is 2.70.